The van der Waals surface area contributed by atoms with Crippen LogP contribution in [-0.4, -0.2) is 10.6 Å². The molecule has 0 unspecified atom stereocenters. The first kappa shape index (κ1) is 10.8. The van der Waals surface area contributed by atoms with Crippen molar-refractivity contribution in [2.24, 2.45) is 0 Å². The molecular formula is C8H7F3S2. The predicted molar refractivity (Wildman–Crippen MR) is 50.8 cm³/mol. The van der Waals surface area contributed by atoms with Crippen molar-refractivity contribution in [2.75, 3.05) is 5.08 Å². The van der Waals surface area contributed by atoms with E-state index in [-0.39, 0.29) is 16.8 Å². The Labute approximate surface area is 82.9 Å². The summed E-state index contributed by atoms with van der Waals surface area (Å²) in [4.78, 5) is 0.860. The van der Waals surface area contributed by atoms with Crippen LogP contribution in [0.4, 0.5) is 13.2 Å². The molecule has 0 aliphatic carbocycles. The molecule has 0 N–H and O–H groups in total. The molecule has 0 aromatic heterocycles. The zero-order valence-corrected chi connectivity index (χ0v) is 8.18. The van der Waals surface area contributed by atoms with Crippen LogP contribution in [-0.2, 0) is 0 Å². The monoisotopic (exact) mass is 224 g/mol. The largest absolute Gasteiger partial charge is 0.442 e. The second-order valence-electron chi connectivity index (χ2n) is 2.17. The maximum atomic E-state index is 11.7. The van der Waals surface area contributed by atoms with Crippen molar-refractivity contribution < 1.29 is 13.2 Å². The van der Waals surface area contributed by atoms with Gasteiger partial charge < -0.3 is 0 Å². The lowest BCUT2D eigenvalue weighted by Gasteiger charge is -2.04. The van der Waals surface area contributed by atoms with E-state index in [1.807, 2.05) is 6.07 Å². The average molecular weight is 224 g/mol. The van der Waals surface area contributed by atoms with E-state index in [9.17, 15) is 13.2 Å². The highest BCUT2D eigenvalue weighted by molar-refractivity contribution is 8.16. The lowest BCUT2D eigenvalue weighted by molar-refractivity contribution is -0.0324. The summed E-state index contributed by atoms with van der Waals surface area (Å²) in [5, 5.41) is 0.00745. The van der Waals surface area contributed by atoms with E-state index in [4.69, 9.17) is 0 Å². The lowest BCUT2D eigenvalue weighted by Crippen LogP contribution is -1.99. The van der Waals surface area contributed by atoms with Crippen molar-refractivity contribution in [1.29, 1.82) is 0 Å². The van der Waals surface area contributed by atoms with Gasteiger partial charge in [0.25, 0.3) is 0 Å². The van der Waals surface area contributed by atoms with E-state index in [1.165, 1.54) is 11.8 Å². The summed E-state index contributed by atoms with van der Waals surface area (Å²) in [6.07, 6.45) is 0. The summed E-state index contributed by atoms with van der Waals surface area (Å²) in [5.41, 5.74) is -4.12. The summed E-state index contributed by atoms with van der Waals surface area (Å²) in [6, 6.07) is 9.03. The van der Waals surface area contributed by atoms with Crippen molar-refractivity contribution in [3.8, 4) is 0 Å². The third-order valence-corrected chi connectivity index (χ3v) is 3.07. The summed E-state index contributed by atoms with van der Waals surface area (Å²) in [5.74, 6) is 0. The quantitative estimate of drug-likeness (QED) is 0.562. The van der Waals surface area contributed by atoms with Gasteiger partial charge in [-0.3, -0.25) is 0 Å². The topological polar surface area (TPSA) is 0 Å². The standard InChI is InChI=1S/C8H7F3S2/c9-8(10,11)13-6-12-7-4-2-1-3-5-7/h1-5H,6H2. The number of thioether (sulfide) groups is 2. The molecule has 0 atom stereocenters. The van der Waals surface area contributed by atoms with Gasteiger partial charge in [-0.2, -0.15) is 13.2 Å². The minimum absolute atomic E-state index is 0.00745. The van der Waals surface area contributed by atoms with Gasteiger partial charge in [-0.15, -0.1) is 11.8 Å². The number of alkyl halides is 3. The molecule has 0 bridgehead atoms. The summed E-state index contributed by atoms with van der Waals surface area (Å²) < 4.78 is 35.1. The smallest absolute Gasteiger partial charge is 0.160 e. The molecule has 0 radical (unpaired) electrons. The van der Waals surface area contributed by atoms with Crippen LogP contribution in [0.25, 0.3) is 0 Å². The van der Waals surface area contributed by atoms with Crippen LogP contribution in [0.15, 0.2) is 35.2 Å². The maximum Gasteiger partial charge on any atom is 0.442 e. The van der Waals surface area contributed by atoms with E-state index in [1.54, 1.807) is 24.3 Å². The molecule has 1 rings (SSSR count). The Morgan fingerprint density at radius 1 is 1.08 bits per heavy atom. The first-order valence-corrected chi connectivity index (χ1v) is 5.43. The number of hydrogen-bond acceptors (Lipinski definition) is 2. The molecular weight excluding hydrogens is 217 g/mol. The van der Waals surface area contributed by atoms with Gasteiger partial charge in [-0.1, -0.05) is 18.2 Å². The van der Waals surface area contributed by atoms with Crippen LogP contribution in [0.3, 0.4) is 0 Å². The van der Waals surface area contributed by atoms with Crippen molar-refractivity contribution in [3.63, 3.8) is 0 Å². The molecule has 72 valence electrons. The third-order valence-electron chi connectivity index (χ3n) is 1.19. The van der Waals surface area contributed by atoms with Gasteiger partial charge in [0.1, 0.15) is 0 Å². The first-order valence-electron chi connectivity index (χ1n) is 3.46. The normalized spacial score (nSPS) is 11.6. The van der Waals surface area contributed by atoms with E-state index < -0.39 is 5.51 Å². The van der Waals surface area contributed by atoms with Gasteiger partial charge in [-0.05, 0) is 23.9 Å². The maximum absolute atomic E-state index is 11.7. The molecule has 0 saturated carbocycles. The van der Waals surface area contributed by atoms with Crippen LogP contribution >= 0.6 is 23.5 Å². The second kappa shape index (κ2) is 4.81. The molecule has 0 aliphatic heterocycles. The van der Waals surface area contributed by atoms with Crippen molar-refractivity contribution >= 4 is 23.5 Å². The molecule has 0 amide bonds. The van der Waals surface area contributed by atoms with E-state index in [0.717, 1.165) is 4.90 Å². The highest BCUT2D eigenvalue weighted by atomic mass is 32.2. The predicted octanol–water partition coefficient (Wildman–Crippen LogP) is 3.99. The van der Waals surface area contributed by atoms with Gasteiger partial charge in [0.2, 0.25) is 0 Å². The molecule has 1 aromatic rings. The third kappa shape index (κ3) is 5.10. The fourth-order valence-electron chi connectivity index (χ4n) is 0.681. The van der Waals surface area contributed by atoms with Crippen LogP contribution in [0.5, 0.6) is 0 Å². The number of halogens is 3. The molecule has 0 nitrogen and oxygen atoms in total. The van der Waals surface area contributed by atoms with Gasteiger partial charge in [0, 0.05) is 4.90 Å². The van der Waals surface area contributed by atoms with Crippen LogP contribution < -0.4 is 0 Å². The highest BCUT2D eigenvalue weighted by Gasteiger charge is 2.27. The average Bonchev–Trinajstić information content (AvgIpc) is 2.04. The zero-order chi connectivity index (χ0) is 9.73. The Morgan fingerprint density at radius 3 is 2.23 bits per heavy atom. The molecule has 5 heteroatoms. The molecule has 0 aliphatic rings. The van der Waals surface area contributed by atoms with Crippen molar-refractivity contribution in [1.82, 2.24) is 0 Å². The summed E-state index contributed by atoms with van der Waals surface area (Å²) in [7, 11) is 0. The molecule has 1 aromatic carbocycles. The SMILES string of the molecule is FC(F)(F)SCSc1ccccc1. The number of benzene rings is 1. The fourth-order valence-corrected chi connectivity index (χ4v) is 2.35. The minimum Gasteiger partial charge on any atom is -0.160 e. The fraction of sp³-hybridized carbons (Fsp3) is 0.250. The van der Waals surface area contributed by atoms with Gasteiger partial charge in [0.15, 0.2) is 0 Å². The highest BCUT2D eigenvalue weighted by Crippen LogP contribution is 2.34. The summed E-state index contributed by atoms with van der Waals surface area (Å²) in [6.45, 7) is 0. The van der Waals surface area contributed by atoms with Crippen molar-refractivity contribution in [3.05, 3.63) is 30.3 Å². The Hall–Kier alpha value is -0.290. The number of rotatable bonds is 3. The van der Waals surface area contributed by atoms with Crippen LogP contribution in [0, 0.1) is 0 Å². The number of hydrogen-bond donors (Lipinski definition) is 0. The first-order chi connectivity index (χ1) is 6.08. The van der Waals surface area contributed by atoms with Crippen molar-refractivity contribution in [2.45, 2.75) is 10.4 Å². The Bertz CT molecular complexity index is 245. The van der Waals surface area contributed by atoms with E-state index in [2.05, 4.69) is 0 Å². The van der Waals surface area contributed by atoms with Gasteiger partial charge in [0.05, 0.1) is 5.08 Å². The van der Waals surface area contributed by atoms with Crippen LogP contribution in [0.1, 0.15) is 0 Å². The molecule has 0 saturated heterocycles. The summed E-state index contributed by atoms with van der Waals surface area (Å²) >= 11 is 1.18. The Balaban J connectivity index is 2.29. The van der Waals surface area contributed by atoms with Crippen LogP contribution in [0.2, 0.25) is 0 Å². The molecule has 0 spiro atoms. The lowest BCUT2D eigenvalue weighted by atomic mass is 10.4. The second-order valence-corrected chi connectivity index (χ2v) is 4.62. The van der Waals surface area contributed by atoms with Gasteiger partial charge >= 0.3 is 5.51 Å². The van der Waals surface area contributed by atoms with Gasteiger partial charge in [-0.25, -0.2) is 0 Å². The Kier molecular flexibility index (Phi) is 3.99. The van der Waals surface area contributed by atoms with E-state index in [0.29, 0.717) is 0 Å². The minimum atomic E-state index is -4.12. The molecule has 13 heavy (non-hydrogen) atoms. The molecule has 0 heterocycles. The Morgan fingerprint density at radius 2 is 1.69 bits per heavy atom. The van der Waals surface area contributed by atoms with E-state index >= 15 is 0 Å². The molecule has 0 fully saturated rings. The zero-order valence-electron chi connectivity index (χ0n) is 6.54.